The first-order valence-electron chi connectivity index (χ1n) is 5.87. The summed E-state index contributed by atoms with van der Waals surface area (Å²) in [6.45, 7) is 1.04. The Balaban J connectivity index is 1.93. The average molecular weight is 275 g/mol. The van der Waals surface area contributed by atoms with E-state index in [1.165, 1.54) is 6.07 Å². The van der Waals surface area contributed by atoms with Gasteiger partial charge in [0.2, 0.25) is 0 Å². The molecule has 0 aliphatic carbocycles. The molecular formula is C15H14FNOS. The molecule has 2 aromatic rings. The minimum absolute atomic E-state index is 0.258. The predicted octanol–water partition coefficient (Wildman–Crippen LogP) is 2.91. The number of benzene rings is 1. The number of nitrogens with two attached hydrogens (primary N) is 1. The molecule has 0 fully saturated rings. The average Bonchev–Trinajstić information content (AvgIpc) is 2.92. The Labute approximate surface area is 116 Å². The zero-order valence-electron chi connectivity index (χ0n) is 10.4. The van der Waals surface area contributed by atoms with Crippen molar-refractivity contribution >= 4 is 11.3 Å². The largest absolute Gasteiger partial charge is 0.371 e. The summed E-state index contributed by atoms with van der Waals surface area (Å²) < 4.78 is 19.2. The van der Waals surface area contributed by atoms with E-state index >= 15 is 0 Å². The van der Waals surface area contributed by atoms with E-state index in [9.17, 15) is 4.39 Å². The molecule has 0 aliphatic heterocycles. The van der Waals surface area contributed by atoms with E-state index in [2.05, 4.69) is 11.8 Å². The molecule has 2 N–H and O–H groups in total. The van der Waals surface area contributed by atoms with Crippen LogP contribution in [0.1, 0.15) is 16.0 Å². The van der Waals surface area contributed by atoms with Crippen molar-refractivity contribution in [2.75, 3.05) is 6.54 Å². The van der Waals surface area contributed by atoms with Crippen LogP contribution in [0.2, 0.25) is 0 Å². The van der Waals surface area contributed by atoms with Gasteiger partial charge < -0.3 is 10.5 Å². The third kappa shape index (κ3) is 4.18. The number of hydrogen-bond acceptors (Lipinski definition) is 3. The summed E-state index contributed by atoms with van der Waals surface area (Å²) in [7, 11) is 0. The van der Waals surface area contributed by atoms with Gasteiger partial charge in [0.15, 0.2) is 0 Å². The molecule has 0 saturated heterocycles. The van der Waals surface area contributed by atoms with Crippen LogP contribution >= 0.6 is 11.3 Å². The van der Waals surface area contributed by atoms with Gasteiger partial charge in [0.1, 0.15) is 5.82 Å². The number of thiophene rings is 1. The van der Waals surface area contributed by atoms with Gasteiger partial charge in [-0.3, -0.25) is 0 Å². The highest BCUT2D eigenvalue weighted by atomic mass is 32.1. The molecule has 2 rings (SSSR count). The van der Waals surface area contributed by atoms with Crippen molar-refractivity contribution in [2.45, 2.75) is 13.2 Å². The van der Waals surface area contributed by atoms with E-state index in [4.69, 9.17) is 10.5 Å². The molecule has 0 radical (unpaired) electrons. The fraction of sp³-hybridized carbons (Fsp3) is 0.200. The van der Waals surface area contributed by atoms with Crippen molar-refractivity contribution in [2.24, 2.45) is 5.73 Å². The van der Waals surface area contributed by atoms with E-state index < -0.39 is 0 Å². The third-order valence-electron chi connectivity index (χ3n) is 2.47. The van der Waals surface area contributed by atoms with Crippen LogP contribution in [0, 0.1) is 17.7 Å². The highest BCUT2D eigenvalue weighted by Crippen LogP contribution is 2.14. The summed E-state index contributed by atoms with van der Waals surface area (Å²) in [5.41, 5.74) is 6.44. The number of halogens is 1. The van der Waals surface area contributed by atoms with Crippen molar-refractivity contribution in [3.05, 3.63) is 57.5 Å². The molecule has 0 aliphatic rings. The molecule has 19 heavy (non-hydrogen) atoms. The van der Waals surface area contributed by atoms with E-state index in [0.29, 0.717) is 17.7 Å². The van der Waals surface area contributed by atoms with Crippen LogP contribution in [-0.4, -0.2) is 6.54 Å². The first-order chi connectivity index (χ1) is 9.29. The van der Waals surface area contributed by atoms with Crippen LogP contribution in [0.3, 0.4) is 0 Å². The van der Waals surface area contributed by atoms with E-state index in [1.54, 1.807) is 23.5 Å². The van der Waals surface area contributed by atoms with Crippen LogP contribution in [0.25, 0.3) is 0 Å². The summed E-state index contributed by atoms with van der Waals surface area (Å²) in [6, 6.07) is 8.84. The monoisotopic (exact) mass is 275 g/mol. The minimum Gasteiger partial charge on any atom is -0.371 e. The lowest BCUT2D eigenvalue weighted by Crippen LogP contribution is -1.97. The lowest BCUT2D eigenvalue weighted by atomic mass is 10.1. The Morgan fingerprint density at radius 1 is 1.26 bits per heavy atom. The van der Waals surface area contributed by atoms with Crippen molar-refractivity contribution < 1.29 is 9.13 Å². The van der Waals surface area contributed by atoms with Gasteiger partial charge in [0.05, 0.1) is 19.8 Å². The molecule has 98 valence electrons. The maximum Gasteiger partial charge on any atom is 0.129 e. The van der Waals surface area contributed by atoms with Crippen LogP contribution in [0.15, 0.2) is 35.7 Å². The summed E-state index contributed by atoms with van der Waals surface area (Å²) in [4.78, 5) is 1.13. The lowest BCUT2D eigenvalue weighted by Gasteiger charge is -2.04. The molecule has 0 bridgehead atoms. The first-order valence-corrected chi connectivity index (χ1v) is 6.75. The normalized spacial score (nSPS) is 10.0. The third-order valence-corrected chi connectivity index (χ3v) is 3.32. The van der Waals surface area contributed by atoms with Gasteiger partial charge in [-0.1, -0.05) is 24.0 Å². The topological polar surface area (TPSA) is 35.2 Å². The summed E-state index contributed by atoms with van der Waals surface area (Å²) in [6.07, 6.45) is 0. The Morgan fingerprint density at radius 3 is 2.84 bits per heavy atom. The Bertz CT molecular complexity index is 584. The number of ether oxygens (including phenoxy) is 1. The number of rotatable bonds is 4. The van der Waals surface area contributed by atoms with Crippen LogP contribution in [0.4, 0.5) is 4.39 Å². The molecule has 0 saturated carbocycles. The molecular weight excluding hydrogens is 261 g/mol. The second-order valence-electron chi connectivity index (χ2n) is 3.88. The molecule has 0 atom stereocenters. The second-order valence-corrected chi connectivity index (χ2v) is 4.92. The van der Waals surface area contributed by atoms with E-state index in [1.807, 2.05) is 17.5 Å². The lowest BCUT2D eigenvalue weighted by molar-refractivity contribution is 0.107. The summed E-state index contributed by atoms with van der Waals surface area (Å²) >= 11 is 1.62. The van der Waals surface area contributed by atoms with Crippen molar-refractivity contribution in [3.8, 4) is 11.8 Å². The van der Waals surface area contributed by atoms with Gasteiger partial charge in [-0.15, -0.1) is 11.3 Å². The molecule has 1 heterocycles. The maximum atomic E-state index is 13.8. The van der Waals surface area contributed by atoms with Crippen molar-refractivity contribution in [3.63, 3.8) is 0 Å². The maximum absolute atomic E-state index is 13.8. The van der Waals surface area contributed by atoms with Crippen LogP contribution in [-0.2, 0) is 18.0 Å². The van der Waals surface area contributed by atoms with Gasteiger partial charge in [0.25, 0.3) is 0 Å². The van der Waals surface area contributed by atoms with Crippen LogP contribution < -0.4 is 5.73 Å². The van der Waals surface area contributed by atoms with Crippen molar-refractivity contribution in [1.29, 1.82) is 0 Å². The fourth-order valence-corrected chi connectivity index (χ4v) is 2.19. The van der Waals surface area contributed by atoms with E-state index in [-0.39, 0.29) is 19.0 Å². The molecule has 2 nitrogen and oxygen atoms in total. The Kier molecular flexibility index (Phi) is 5.10. The molecule has 1 aromatic carbocycles. The van der Waals surface area contributed by atoms with Gasteiger partial charge >= 0.3 is 0 Å². The summed E-state index contributed by atoms with van der Waals surface area (Å²) in [5.74, 6) is 5.19. The highest BCUT2D eigenvalue weighted by Gasteiger charge is 2.03. The quantitative estimate of drug-likeness (QED) is 0.871. The van der Waals surface area contributed by atoms with E-state index in [0.717, 1.165) is 4.88 Å². The van der Waals surface area contributed by atoms with Crippen molar-refractivity contribution in [1.82, 2.24) is 0 Å². The highest BCUT2D eigenvalue weighted by molar-refractivity contribution is 7.09. The number of hydrogen-bond donors (Lipinski definition) is 1. The van der Waals surface area contributed by atoms with Crippen LogP contribution in [0.5, 0.6) is 0 Å². The Morgan fingerprint density at radius 2 is 2.16 bits per heavy atom. The minimum atomic E-state index is -0.296. The molecule has 0 unspecified atom stereocenters. The standard InChI is InChI=1S/C15H14FNOS/c16-15-9-12(3-1-7-17)5-6-13(15)10-18-11-14-4-2-8-19-14/h2,4-6,8-9H,7,10-11,17H2. The zero-order valence-corrected chi connectivity index (χ0v) is 11.2. The Hall–Kier alpha value is -1.67. The molecule has 0 amide bonds. The first kappa shape index (κ1) is 13.8. The molecule has 4 heteroatoms. The van der Waals surface area contributed by atoms with Gasteiger partial charge in [-0.05, 0) is 23.6 Å². The fourth-order valence-electron chi connectivity index (χ4n) is 1.55. The summed E-state index contributed by atoms with van der Waals surface area (Å²) in [5, 5.41) is 1.99. The second kappa shape index (κ2) is 7.05. The SMILES string of the molecule is NCC#Cc1ccc(COCc2cccs2)c(F)c1. The predicted molar refractivity (Wildman–Crippen MR) is 75.1 cm³/mol. The van der Waals surface area contributed by atoms with Gasteiger partial charge in [-0.25, -0.2) is 4.39 Å². The van der Waals surface area contributed by atoms with Gasteiger partial charge in [-0.2, -0.15) is 0 Å². The smallest absolute Gasteiger partial charge is 0.129 e. The van der Waals surface area contributed by atoms with Gasteiger partial charge in [0, 0.05) is 16.0 Å². The molecule has 1 aromatic heterocycles. The zero-order chi connectivity index (χ0) is 13.5. The molecule has 0 spiro atoms.